The molecule has 1 aliphatic carbocycles. The molecule has 20 heavy (non-hydrogen) atoms. The summed E-state index contributed by atoms with van der Waals surface area (Å²) >= 11 is 0. The lowest BCUT2D eigenvalue weighted by Crippen LogP contribution is -2.32. The van der Waals surface area contributed by atoms with Crippen molar-refractivity contribution in [2.45, 2.75) is 31.3 Å². The summed E-state index contributed by atoms with van der Waals surface area (Å²) in [6, 6.07) is 4.92. The van der Waals surface area contributed by atoms with Crippen molar-refractivity contribution in [1.29, 1.82) is 0 Å². The van der Waals surface area contributed by atoms with E-state index in [-0.39, 0.29) is 12.4 Å². The summed E-state index contributed by atoms with van der Waals surface area (Å²) in [6.07, 6.45) is 3.00. The monoisotopic (exact) mass is 282 g/mol. The zero-order valence-corrected chi connectivity index (χ0v) is 11.9. The first kappa shape index (κ1) is 15.2. The van der Waals surface area contributed by atoms with Crippen LogP contribution in [0.5, 0.6) is 5.75 Å². The molecule has 0 aliphatic heterocycles. The summed E-state index contributed by atoms with van der Waals surface area (Å²) in [5.74, 6) is 0.176. The van der Waals surface area contributed by atoms with Crippen molar-refractivity contribution >= 4 is 0 Å². The fraction of sp³-hybridized carbons (Fsp3) is 0.600. The van der Waals surface area contributed by atoms with Crippen LogP contribution in [0.4, 0.5) is 4.39 Å². The van der Waals surface area contributed by atoms with Gasteiger partial charge in [-0.2, -0.15) is 0 Å². The maximum Gasteiger partial charge on any atom is 0.131 e. The van der Waals surface area contributed by atoms with Gasteiger partial charge in [0.25, 0.3) is 0 Å². The second-order valence-corrected chi connectivity index (χ2v) is 5.24. The van der Waals surface area contributed by atoms with Crippen LogP contribution >= 0.6 is 0 Å². The number of ether oxygens (including phenoxy) is 1. The number of aliphatic hydroxyl groups is 1. The topological polar surface area (TPSA) is 58.7 Å². The summed E-state index contributed by atoms with van der Waals surface area (Å²) in [4.78, 5) is 2.23. The maximum absolute atomic E-state index is 13.9. The van der Waals surface area contributed by atoms with Crippen molar-refractivity contribution < 1.29 is 14.2 Å². The highest BCUT2D eigenvalue weighted by atomic mass is 19.1. The Labute approximate surface area is 119 Å². The first-order valence-corrected chi connectivity index (χ1v) is 7.10. The number of hydrogen-bond acceptors (Lipinski definition) is 4. The zero-order valence-electron chi connectivity index (χ0n) is 11.9. The van der Waals surface area contributed by atoms with E-state index >= 15 is 0 Å². The average Bonchev–Trinajstić information content (AvgIpc) is 3.27. The molecule has 5 heteroatoms. The van der Waals surface area contributed by atoms with Crippen LogP contribution in [0.15, 0.2) is 18.2 Å². The molecule has 0 amide bonds. The van der Waals surface area contributed by atoms with Crippen molar-refractivity contribution in [3.63, 3.8) is 0 Å². The third-order valence-electron chi connectivity index (χ3n) is 3.78. The second kappa shape index (κ2) is 7.02. The van der Waals surface area contributed by atoms with Crippen LogP contribution in [0, 0.1) is 5.82 Å². The van der Waals surface area contributed by atoms with Gasteiger partial charge in [-0.1, -0.05) is 6.07 Å². The number of halogens is 1. The van der Waals surface area contributed by atoms with Crippen LogP contribution in [0.2, 0.25) is 0 Å². The Hall–Kier alpha value is -1.17. The van der Waals surface area contributed by atoms with Crippen molar-refractivity contribution in [3.05, 3.63) is 29.6 Å². The summed E-state index contributed by atoms with van der Waals surface area (Å²) in [6.45, 7) is 1.57. The number of rotatable bonds is 8. The van der Waals surface area contributed by atoms with Gasteiger partial charge in [0.2, 0.25) is 0 Å². The SMILES string of the molecule is COc1cccc(F)c1C(N)CCN(CCO)C1CC1. The molecule has 1 unspecified atom stereocenters. The molecular formula is C15H23FN2O2. The molecule has 1 aromatic rings. The van der Waals surface area contributed by atoms with E-state index in [0.717, 1.165) is 6.54 Å². The zero-order chi connectivity index (χ0) is 14.5. The van der Waals surface area contributed by atoms with Crippen LogP contribution in [0.3, 0.4) is 0 Å². The largest absolute Gasteiger partial charge is 0.496 e. The van der Waals surface area contributed by atoms with E-state index in [9.17, 15) is 4.39 Å². The maximum atomic E-state index is 13.9. The Morgan fingerprint density at radius 1 is 1.45 bits per heavy atom. The van der Waals surface area contributed by atoms with Crippen LogP contribution in [0.25, 0.3) is 0 Å². The Kier molecular flexibility index (Phi) is 5.34. The van der Waals surface area contributed by atoms with Gasteiger partial charge in [-0.15, -0.1) is 0 Å². The molecule has 1 aromatic carbocycles. The van der Waals surface area contributed by atoms with Gasteiger partial charge >= 0.3 is 0 Å². The highest BCUT2D eigenvalue weighted by Crippen LogP contribution is 2.30. The third kappa shape index (κ3) is 3.69. The molecule has 0 spiro atoms. The first-order valence-electron chi connectivity index (χ1n) is 7.10. The summed E-state index contributed by atoms with van der Waals surface area (Å²) in [7, 11) is 1.52. The molecule has 0 radical (unpaired) electrons. The van der Waals surface area contributed by atoms with Gasteiger partial charge in [-0.3, -0.25) is 4.90 Å². The molecule has 0 bridgehead atoms. The van der Waals surface area contributed by atoms with Gasteiger partial charge in [0.05, 0.1) is 13.7 Å². The lowest BCUT2D eigenvalue weighted by molar-refractivity contribution is 0.184. The number of methoxy groups -OCH3 is 1. The molecule has 1 saturated carbocycles. The summed E-state index contributed by atoms with van der Waals surface area (Å²) in [5, 5.41) is 9.07. The van der Waals surface area contributed by atoms with Crippen LogP contribution < -0.4 is 10.5 Å². The van der Waals surface area contributed by atoms with E-state index in [1.807, 2.05) is 0 Å². The number of aliphatic hydroxyl groups excluding tert-OH is 1. The molecule has 3 N–H and O–H groups in total. The Morgan fingerprint density at radius 3 is 2.80 bits per heavy atom. The van der Waals surface area contributed by atoms with Crippen molar-refractivity contribution in [2.24, 2.45) is 5.73 Å². The normalized spacial score (nSPS) is 16.4. The molecule has 1 fully saturated rings. The quantitative estimate of drug-likeness (QED) is 0.761. The predicted octanol–water partition coefficient (Wildman–Crippen LogP) is 1.68. The minimum absolute atomic E-state index is 0.148. The fourth-order valence-electron chi connectivity index (χ4n) is 2.55. The van der Waals surface area contributed by atoms with Gasteiger partial charge in [-0.05, 0) is 31.4 Å². The molecule has 112 valence electrons. The molecule has 0 heterocycles. The smallest absolute Gasteiger partial charge is 0.131 e. The predicted molar refractivity (Wildman–Crippen MR) is 76.2 cm³/mol. The van der Waals surface area contributed by atoms with Gasteiger partial charge in [0.1, 0.15) is 11.6 Å². The van der Waals surface area contributed by atoms with Gasteiger partial charge in [0, 0.05) is 30.7 Å². The molecule has 0 saturated heterocycles. The standard InChI is InChI=1S/C15H23FN2O2/c1-20-14-4-2-3-12(16)15(14)13(17)7-8-18(9-10-19)11-5-6-11/h2-4,11,13,19H,5-10,17H2,1H3. The molecule has 1 aliphatic rings. The number of benzene rings is 1. The second-order valence-electron chi connectivity index (χ2n) is 5.24. The molecule has 0 aromatic heterocycles. The van der Waals surface area contributed by atoms with Gasteiger partial charge in [0.15, 0.2) is 0 Å². The Bertz CT molecular complexity index is 438. The first-order chi connectivity index (χ1) is 9.67. The molecule has 2 rings (SSSR count). The lowest BCUT2D eigenvalue weighted by Gasteiger charge is -2.23. The van der Waals surface area contributed by atoms with E-state index in [1.165, 1.54) is 26.0 Å². The minimum atomic E-state index is -0.397. The van der Waals surface area contributed by atoms with Crippen molar-refractivity contribution in [3.8, 4) is 5.75 Å². The summed E-state index contributed by atoms with van der Waals surface area (Å²) in [5.41, 5.74) is 6.57. The molecular weight excluding hydrogens is 259 g/mol. The van der Waals surface area contributed by atoms with Crippen LogP contribution in [-0.4, -0.2) is 42.9 Å². The van der Waals surface area contributed by atoms with Crippen molar-refractivity contribution in [2.75, 3.05) is 26.8 Å². The third-order valence-corrected chi connectivity index (χ3v) is 3.78. The van der Waals surface area contributed by atoms with E-state index in [4.69, 9.17) is 15.6 Å². The van der Waals surface area contributed by atoms with E-state index in [2.05, 4.69) is 4.90 Å². The highest BCUT2D eigenvalue weighted by molar-refractivity contribution is 5.37. The van der Waals surface area contributed by atoms with E-state index in [1.54, 1.807) is 12.1 Å². The van der Waals surface area contributed by atoms with E-state index < -0.39 is 6.04 Å². The highest BCUT2D eigenvalue weighted by Gasteiger charge is 2.29. The number of hydrogen-bond donors (Lipinski definition) is 2. The fourth-order valence-corrected chi connectivity index (χ4v) is 2.55. The average molecular weight is 282 g/mol. The Balaban J connectivity index is 1.98. The minimum Gasteiger partial charge on any atom is -0.496 e. The lowest BCUT2D eigenvalue weighted by atomic mass is 10.0. The van der Waals surface area contributed by atoms with Crippen molar-refractivity contribution in [1.82, 2.24) is 4.90 Å². The summed E-state index contributed by atoms with van der Waals surface area (Å²) < 4.78 is 19.1. The molecule has 4 nitrogen and oxygen atoms in total. The van der Waals surface area contributed by atoms with E-state index in [0.29, 0.717) is 30.3 Å². The number of nitrogens with zero attached hydrogens (tertiary/aromatic N) is 1. The van der Waals surface area contributed by atoms with Crippen LogP contribution in [0.1, 0.15) is 30.9 Å². The molecule has 1 atom stereocenters. The van der Waals surface area contributed by atoms with Gasteiger partial charge in [-0.25, -0.2) is 4.39 Å². The van der Waals surface area contributed by atoms with Gasteiger partial charge < -0.3 is 15.6 Å². The van der Waals surface area contributed by atoms with Crippen LogP contribution in [-0.2, 0) is 0 Å². The number of nitrogens with two attached hydrogens (primary N) is 1. The Morgan fingerprint density at radius 2 is 2.20 bits per heavy atom.